The topological polar surface area (TPSA) is 84.0 Å². The Hall–Kier alpha value is -3.48. The molecule has 0 aromatic heterocycles. The standard InChI is InChI=1S/C21H18N2O5/c24-18(22-11-4-1-5-12-22)14-7-6-8-15(13-14)21(27)28-23-19(25)16-9-2-3-10-17(16)20(23)26/h2-3,6-10,13H,1,4-5,11-12H2. The van der Waals surface area contributed by atoms with Crippen molar-refractivity contribution in [2.45, 2.75) is 19.3 Å². The maximum atomic E-state index is 12.6. The Morgan fingerprint density at radius 2 is 1.39 bits per heavy atom. The summed E-state index contributed by atoms with van der Waals surface area (Å²) in [7, 11) is 0. The van der Waals surface area contributed by atoms with Gasteiger partial charge in [0.25, 0.3) is 17.7 Å². The Morgan fingerprint density at radius 1 is 0.786 bits per heavy atom. The lowest BCUT2D eigenvalue weighted by atomic mass is 10.1. The summed E-state index contributed by atoms with van der Waals surface area (Å²) in [4.78, 5) is 56.6. The number of fused-ring (bicyclic) bond motifs is 1. The fourth-order valence-electron chi connectivity index (χ4n) is 3.44. The number of nitrogens with zero attached hydrogens (tertiary/aromatic N) is 2. The highest BCUT2D eigenvalue weighted by molar-refractivity contribution is 6.21. The number of hydroxylamine groups is 2. The van der Waals surface area contributed by atoms with Crippen molar-refractivity contribution >= 4 is 23.7 Å². The van der Waals surface area contributed by atoms with E-state index in [0.29, 0.717) is 23.7 Å². The molecular weight excluding hydrogens is 360 g/mol. The van der Waals surface area contributed by atoms with Gasteiger partial charge in [-0.05, 0) is 49.6 Å². The Kier molecular flexibility index (Phi) is 4.65. The zero-order chi connectivity index (χ0) is 19.7. The normalized spacial score (nSPS) is 16.1. The number of likely N-dealkylation sites (tertiary alicyclic amines) is 1. The summed E-state index contributed by atoms with van der Waals surface area (Å²) in [5.41, 5.74) is 0.849. The van der Waals surface area contributed by atoms with Gasteiger partial charge in [0.2, 0.25) is 0 Å². The van der Waals surface area contributed by atoms with Crippen LogP contribution in [0.2, 0.25) is 0 Å². The van der Waals surface area contributed by atoms with Crippen LogP contribution in [0.4, 0.5) is 0 Å². The zero-order valence-electron chi connectivity index (χ0n) is 15.1. The third kappa shape index (κ3) is 3.15. The number of amides is 3. The van der Waals surface area contributed by atoms with E-state index in [1.807, 2.05) is 0 Å². The van der Waals surface area contributed by atoms with E-state index in [2.05, 4.69) is 0 Å². The molecule has 0 N–H and O–H groups in total. The third-order valence-electron chi connectivity index (χ3n) is 4.92. The molecule has 2 aromatic carbocycles. The number of imide groups is 1. The van der Waals surface area contributed by atoms with Crippen LogP contribution in [-0.2, 0) is 4.84 Å². The minimum atomic E-state index is -0.872. The maximum Gasteiger partial charge on any atom is 0.363 e. The number of carbonyl (C=O) groups excluding carboxylic acids is 4. The number of rotatable bonds is 3. The van der Waals surface area contributed by atoms with Crippen LogP contribution in [0.25, 0.3) is 0 Å². The smallest absolute Gasteiger partial charge is 0.339 e. The van der Waals surface area contributed by atoms with Crippen LogP contribution in [0.1, 0.15) is 60.7 Å². The fraction of sp³-hybridized carbons (Fsp3) is 0.238. The summed E-state index contributed by atoms with van der Waals surface area (Å²) >= 11 is 0. The molecule has 142 valence electrons. The number of hydrogen-bond acceptors (Lipinski definition) is 5. The molecule has 2 aromatic rings. The van der Waals surface area contributed by atoms with E-state index in [0.717, 1.165) is 19.3 Å². The first-order valence-electron chi connectivity index (χ1n) is 9.16. The third-order valence-corrected chi connectivity index (χ3v) is 4.92. The van der Waals surface area contributed by atoms with Gasteiger partial charge in [0.15, 0.2) is 0 Å². The van der Waals surface area contributed by atoms with E-state index in [9.17, 15) is 19.2 Å². The van der Waals surface area contributed by atoms with Crippen molar-refractivity contribution in [3.05, 3.63) is 70.8 Å². The van der Waals surface area contributed by atoms with Gasteiger partial charge in [-0.3, -0.25) is 14.4 Å². The summed E-state index contributed by atoms with van der Waals surface area (Å²) in [5.74, 6) is -2.39. The van der Waals surface area contributed by atoms with E-state index in [-0.39, 0.29) is 22.6 Å². The second-order valence-corrected chi connectivity index (χ2v) is 6.76. The van der Waals surface area contributed by atoms with Gasteiger partial charge in [-0.2, -0.15) is 0 Å². The molecule has 2 heterocycles. The van der Waals surface area contributed by atoms with Gasteiger partial charge in [-0.1, -0.05) is 23.3 Å². The highest BCUT2D eigenvalue weighted by Crippen LogP contribution is 2.23. The van der Waals surface area contributed by atoms with E-state index in [4.69, 9.17) is 4.84 Å². The molecule has 0 atom stereocenters. The van der Waals surface area contributed by atoms with E-state index in [1.165, 1.54) is 24.3 Å². The van der Waals surface area contributed by atoms with Crippen molar-refractivity contribution in [2.75, 3.05) is 13.1 Å². The van der Waals surface area contributed by atoms with Crippen molar-refractivity contribution in [1.29, 1.82) is 0 Å². The molecule has 7 heteroatoms. The molecule has 1 fully saturated rings. The second kappa shape index (κ2) is 7.26. The van der Waals surface area contributed by atoms with Crippen LogP contribution in [0.5, 0.6) is 0 Å². The summed E-state index contributed by atoms with van der Waals surface area (Å²) in [6, 6.07) is 12.4. The lowest BCUT2D eigenvalue weighted by Crippen LogP contribution is -2.35. The first-order valence-corrected chi connectivity index (χ1v) is 9.16. The molecule has 0 unspecified atom stereocenters. The average Bonchev–Trinajstić information content (AvgIpc) is 2.99. The lowest BCUT2D eigenvalue weighted by Gasteiger charge is -2.26. The van der Waals surface area contributed by atoms with Crippen LogP contribution >= 0.6 is 0 Å². The summed E-state index contributed by atoms with van der Waals surface area (Å²) in [6.45, 7) is 1.39. The predicted octanol–water partition coefficient (Wildman–Crippen LogP) is 2.68. The molecule has 2 aliphatic rings. The summed E-state index contributed by atoms with van der Waals surface area (Å²) in [6.07, 6.45) is 3.04. The van der Waals surface area contributed by atoms with Crippen LogP contribution < -0.4 is 0 Å². The molecule has 2 aliphatic heterocycles. The molecule has 0 saturated carbocycles. The Morgan fingerprint density at radius 3 is 2.04 bits per heavy atom. The predicted molar refractivity (Wildman–Crippen MR) is 98.6 cm³/mol. The van der Waals surface area contributed by atoms with Crippen LogP contribution in [0.3, 0.4) is 0 Å². The Labute approximate surface area is 161 Å². The minimum absolute atomic E-state index is 0.0967. The molecule has 0 spiro atoms. The Balaban J connectivity index is 1.51. The average molecular weight is 378 g/mol. The van der Waals surface area contributed by atoms with E-state index in [1.54, 1.807) is 29.2 Å². The van der Waals surface area contributed by atoms with Crippen LogP contribution in [0, 0.1) is 0 Å². The van der Waals surface area contributed by atoms with Gasteiger partial charge < -0.3 is 9.74 Å². The molecule has 0 radical (unpaired) electrons. The van der Waals surface area contributed by atoms with E-state index >= 15 is 0 Å². The van der Waals surface area contributed by atoms with Gasteiger partial charge in [0, 0.05) is 18.7 Å². The quantitative estimate of drug-likeness (QED) is 0.767. The molecule has 7 nitrogen and oxygen atoms in total. The molecule has 3 amide bonds. The number of carbonyl (C=O) groups is 4. The van der Waals surface area contributed by atoms with Gasteiger partial charge in [0.1, 0.15) is 0 Å². The van der Waals surface area contributed by atoms with Crippen LogP contribution in [-0.4, -0.2) is 46.7 Å². The zero-order valence-corrected chi connectivity index (χ0v) is 15.1. The van der Waals surface area contributed by atoms with Crippen molar-refractivity contribution in [1.82, 2.24) is 9.96 Å². The molecular formula is C21H18N2O5. The monoisotopic (exact) mass is 378 g/mol. The molecule has 28 heavy (non-hydrogen) atoms. The molecule has 0 bridgehead atoms. The second-order valence-electron chi connectivity index (χ2n) is 6.76. The van der Waals surface area contributed by atoms with Gasteiger partial charge >= 0.3 is 5.97 Å². The summed E-state index contributed by atoms with van der Waals surface area (Å²) in [5, 5.41) is 0.464. The van der Waals surface area contributed by atoms with Crippen molar-refractivity contribution < 1.29 is 24.0 Å². The van der Waals surface area contributed by atoms with Crippen molar-refractivity contribution in [3.8, 4) is 0 Å². The highest BCUT2D eigenvalue weighted by Gasteiger charge is 2.38. The number of benzene rings is 2. The number of piperidine rings is 1. The Bertz CT molecular complexity index is 943. The maximum absolute atomic E-state index is 12.6. The first-order chi connectivity index (χ1) is 13.6. The van der Waals surface area contributed by atoms with Gasteiger partial charge in [0.05, 0.1) is 16.7 Å². The minimum Gasteiger partial charge on any atom is -0.339 e. The number of hydrogen-bond donors (Lipinski definition) is 0. The van der Waals surface area contributed by atoms with Gasteiger partial charge in [-0.15, -0.1) is 0 Å². The fourth-order valence-corrected chi connectivity index (χ4v) is 3.44. The molecule has 1 saturated heterocycles. The molecule has 0 aliphatic carbocycles. The summed E-state index contributed by atoms with van der Waals surface area (Å²) < 4.78 is 0. The molecule has 4 rings (SSSR count). The van der Waals surface area contributed by atoms with Crippen LogP contribution in [0.15, 0.2) is 48.5 Å². The lowest BCUT2D eigenvalue weighted by molar-refractivity contribution is -0.0584. The van der Waals surface area contributed by atoms with Crippen molar-refractivity contribution in [2.24, 2.45) is 0 Å². The SMILES string of the molecule is O=C(ON1C(=O)c2ccccc2C1=O)c1cccc(C(=O)N2CCCCC2)c1. The van der Waals surface area contributed by atoms with Crippen molar-refractivity contribution in [3.63, 3.8) is 0 Å². The highest BCUT2D eigenvalue weighted by atomic mass is 16.7. The first kappa shape index (κ1) is 17.9. The van der Waals surface area contributed by atoms with E-state index < -0.39 is 17.8 Å². The van der Waals surface area contributed by atoms with Gasteiger partial charge in [-0.25, -0.2) is 4.79 Å². The largest absolute Gasteiger partial charge is 0.363 e.